The van der Waals surface area contributed by atoms with E-state index in [1.54, 1.807) is 19.5 Å². The molecular weight excluding hydrogens is 362 g/mol. The second-order valence-electron chi connectivity index (χ2n) is 6.04. The highest BCUT2D eigenvalue weighted by Gasteiger charge is 2.18. The van der Waals surface area contributed by atoms with Crippen LogP contribution in [0, 0.1) is 6.92 Å². The van der Waals surface area contributed by atoms with Crippen LogP contribution >= 0.6 is 11.3 Å². The van der Waals surface area contributed by atoms with Gasteiger partial charge in [0.2, 0.25) is 0 Å². The Morgan fingerprint density at radius 2 is 1.96 bits per heavy atom. The van der Waals surface area contributed by atoms with E-state index in [4.69, 9.17) is 9.47 Å². The quantitative estimate of drug-likeness (QED) is 0.673. The summed E-state index contributed by atoms with van der Waals surface area (Å²) in [5.74, 6) is 1.35. The monoisotopic (exact) mass is 383 g/mol. The van der Waals surface area contributed by atoms with E-state index in [1.165, 1.54) is 11.3 Å². The SMILES string of the molecule is COc1ccc(OCC(C)NC(=O)c2sc(-c3cccnc3)nc2C)cc1. The van der Waals surface area contributed by atoms with Crippen molar-refractivity contribution in [3.05, 3.63) is 59.4 Å². The normalized spacial score (nSPS) is 11.7. The second kappa shape index (κ2) is 8.64. The molecule has 0 spiro atoms. The number of rotatable bonds is 7. The summed E-state index contributed by atoms with van der Waals surface area (Å²) in [4.78, 5) is 21.8. The van der Waals surface area contributed by atoms with Gasteiger partial charge in [-0.15, -0.1) is 11.3 Å². The Kier molecular flexibility index (Phi) is 6.03. The van der Waals surface area contributed by atoms with Gasteiger partial charge in [-0.3, -0.25) is 9.78 Å². The van der Waals surface area contributed by atoms with Gasteiger partial charge in [-0.1, -0.05) is 0 Å². The van der Waals surface area contributed by atoms with Gasteiger partial charge >= 0.3 is 0 Å². The molecule has 0 aliphatic carbocycles. The van der Waals surface area contributed by atoms with Crippen LogP contribution in [0.2, 0.25) is 0 Å². The van der Waals surface area contributed by atoms with E-state index in [1.807, 2.05) is 50.2 Å². The van der Waals surface area contributed by atoms with Crippen molar-refractivity contribution in [3.8, 4) is 22.1 Å². The summed E-state index contributed by atoms with van der Waals surface area (Å²) in [5, 5.41) is 3.75. The van der Waals surface area contributed by atoms with Crippen molar-refractivity contribution in [3.63, 3.8) is 0 Å². The highest BCUT2D eigenvalue weighted by Crippen LogP contribution is 2.27. The van der Waals surface area contributed by atoms with Gasteiger partial charge in [-0.05, 0) is 50.2 Å². The summed E-state index contributed by atoms with van der Waals surface area (Å²) >= 11 is 1.36. The lowest BCUT2D eigenvalue weighted by molar-refractivity contribution is 0.0930. The topological polar surface area (TPSA) is 73.3 Å². The van der Waals surface area contributed by atoms with Gasteiger partial charge in [0, 0.05) is 18.0 Å². The van der Waals surface area contributed by atoms with Crippen LogP contribution in [0.5, 0.6) is 11.5 Å². The van der Waals surface area contributed by atoms with Gasteiger partial charge in [-0.2, -0.15) is 0 Å². The first kappa shape index (κ1) is 18.8. The van der Waals surface area contributed by atoms with Crippen molar-refractivity contribution < 1.29 is 14.3 Å². The van der Waals surface area contributed by atoms with Crippen LogP contribution in [0.4, 0.5) is 0 Å². The Hall–Kier alpha value is -2.93. The van der Waals surface area contributed by atoms with Gasteiger partial charge in [0.15, 0.2) is 0 Å². The van der Waals surface area contributed by atoms with Crippen LogP contribution in [-0.4, -0.2) is 35.6 Å². The van der Waals surface area contributed by atoms with E-state index in [9.17, 15) is 4.79 Å². The number of nitrogens with one attached hydrogen (secondary N) is 1. The summed E-state index contributed by atoms with van der Waals surface area (Å²) in [7, 11) is 1.62. The zero-order valence-electron chi connectivity index (χ0n) is 15.4. The standard InChI is InChI=1S/C20H21N3O3S/c1-13(12-26-17-8-6-16(25-3)7-9-17)22-19(24)18-14(2)23-20(27-18)15-5-4-10-21-11-15/h4-11,13H,12H2,1-3H3,(H,22,24). The lowest BCUT2D eigenvalue weighted by Crippen LogP contribution is -2.36. The van der Waals surface area contributed by atoms with Gasteiger partial charge in [-0.25, -0.2) is 4.98 Å². The smallest absolute Gasteiger partial charge is 0.263 e. The third-order valence-corrected chi connectivity index (χ3v) is 5.05. The number of hydrogen-bond acceptors (Lipinski definition) is 6. The van der Waals surface area contributed by atoms with E-state index >= 15 is 0 Å². The molecule has 0 bridgehead atoms. The maximum atomic E-state index is 12.6. The average Bonchev–Trinajstić information content (AvgIpc) is 3.09. The minimum absolute atomic E-state index is 0.147. The predicted octanol–water partition coefficient (Wildman–Crippen LogP) is 3.72. The molecule has 3 aromatic rings. The number of pyridine rings is 1. The third kappa shape index (κ3) is 4.83. The van der Waals surface area contributed by atoms with E-state index in [0.29, 0.717) is 17.2 Å². The lowest BCUT2D eigenvalue weighted by Gasteiger charge is -2.15. The molecule has 3 rings (SSSR count). The van der Waals surface area contributed by atoms with Gasteiger partial charge in [0.05, 0.1) is 18.8 Å². The number of methoxy groups -OCH3 is 1. The van der Waals surface area contributed by atoms with Crippen LogP contribution < -0.4 is 14.8 Å². The fourth-order valence-corrected chi connectivity index (χ4v) is 3.40. The molecule has 0 saturated carbocycles. The Balaban J connectivity index is 1.58. The molecule has 7 heteroatoms. The molecule has 0 aliphatic heterocycles. The summed E-state index contributed by atoms with van der Waals surface area (Å²) in [6.07, 6.45) is 3.45. The number of carbonyl (C=O) groups is 1. The number of carbonyl (C=O) groups excluding carboxylic acids is 1. The van der Waals surface area contributed by atoms with Gasteiger partial charge < -0.3 is 14.8 Å². The Morgan fingerprint density at radius 1 is 1.22 bits per heavy atom. The molecule has 6 nitrogen and oxygen atoms in total. The zero-order valence-corrected chi connectivity index (χ0v) is 16.2. The average molecular weight is 383 g/mol. The van der Waals surface area contributed by atoms with Crippen LogP contribution in [0.1, 0.15) is 22.3 Å². The number of aryl methyl sites for hydroxylation is 1. The largest absolute Gasteiger partial charge is 0.497 e. The molecule has 1 aromatic carbocycles. The number of aromatic nitrogens is 2. The summed E-state index contributed by atoms with van der Waals surface area (Å²) in [6, 6.07) is 11.0. The van der Waals surface area contributed by atoms with Crippen LogP contribution in [0.15, 0.2) is 48.8 Å². The zero-order chi connectivity index (χ0) is 19.2. The maximum absolute atomic E-state index is 12.6. The minimum atomic E-state index is -0.150. The molecular formula is C20H21N3O3S. The Bertz CT molecular complexity index is 895. The van der Waals surface area contributed by atoms with Gasteiger partial charge in [0.25, 0.3) is 5.91 Å². The molecule has 27 heavy (non-hydrogen) atoms. The number of ether oxygens (including phenoxy) is 2. The third-order valence-electron chi connectivity index (χ3n) is 3.85. The van der Waals surface area contributed by atoms with Crippen molar-refractivity contribution in [2.75, 3.05) is 13.7 Å². The molecule has 1 unspecified atom stereocenters. The first-order chi connectivity index (χ1) is 13.1. The van der Waals surface area contributed by atoms with Crippen LogP contribution in [-0.2, 0) is 0 Å². The molecule has 140 valence electrons. The van der Waals surface area contributed by atoms with Crippen molar-refractivity contribution in [1.29, 1.82) is 0 Å². The molecule has 1 N–H and O–H groups in total. The lowest BCUT2D eigenvalue weighted by atomic mass is 10.3. The number of nitrogens with zero attached hydrogens (tertiary/aromatic N) is 2. The molecule has 0 fully saturated rings. The highest BCUT2D eigenvalue weighted by molar-refractivity contribution is 7.17. The molecule has 2 heterocycles. The summed E-state index contributed by atoms with van der Waals surface area (Å²) < 4.78 is 10.8. The van der Waals surface area contributed by atoms with Crippen molar-refractivity contribution >= 4 is 17.2 Å². The molecule has 1 amide bonds. The molecule has 0 radical (unpaired) electrons. The van der Waals surface area contributed by atoms with Crippen molar-refractivity contribution in [2.24, 2.45) is 0 Å². The maximum Gasteiger partial charge on any atom is 0.263 e. The summed E-state index contributed by atoms with van der Waals surface area (Å²) in [5.41, 5.74) is 1.61. The number of hydrogen-bond donors (Lipinski definition) is 1. The first-order valence-corrected chi connectivity index (χ1v) is 9.34. The van der Waals surface area contributed by atoms with E-state index in [2.05, 4.69) is 15.3 Å². The van der Waals surface area contributed by atoms with E-state index < -0.39 is 0 Å². The number of thiazole rings is 1. The van der Waals surface area contributed by atoms with Crippen molar-refractivity contribution in [1.82, 2.24) is 15.3 Å². The van der Waals surface area contributed by atoms with Gasteiger partial charge in [0.1, 0.15) is 28.0 Å². The van der Waals surface area contributed by atoms with E-state index in [0.717, 1.165) is 22.1 Å². The van der Waals surface area contributed by atoms with Crippen LogP contribution in [0.25, 0.3) is 10.6 Å². The fraction of sp³-hybridized carbons (Fsp3) is 0.250. The number of benzene rings is 1. The second-order valence-corrected chi connectivity index (χ2v) is 7.04. The molecule has 0 saturated heterocycles. The summed E-state index contributed by atoms with van der Waals surface area (Å²) in [6.45, 7) is 4.11. The van der Waals surface area contributed by atoms with E-state index in [-0.39, 0.29) is 11.9 Å². The van der Waals surface area contributed by atoms with Crippen molar-refractivity contribution in [2.45, 2.75) is 19.9 Å². The predicted molar refractivity (Wildman–Crippen MR) is 105 cm³/mol. The minimum Gasteiger partial charge on any atom is -0.497 e. The molecule has 2 aromatic heterocycles. The fourth-order valence-electron chi connectivity index (χ4n) is 2.44. The first-order valence-electron chi connectivity index (χ1n) is 8.52. The molecule has 0 aliphatic rings. The highest BCUT2D eigenvalue weighted by atomic mass is 32.1. The Labute approximate surface area is 162 Å². The Morgan fingerprint density at radius 3 is 2.63 bits per heavy atom. The van der Waals surface area contributed by atoms with Crippen LogP contribution in [0.3, 0.4) is 0 Å². The number of amides is 1. The molecule has 1 atom stereocenters.